The molecule has 1 aromatic carbocycles. The van der Waals surface area contributed by atoms with Gasteiger partial charge in [-0.2, -0.15) is 0 Å². The molecule has 0 N–H and O–H groups in total. The van der Waals surface area contributed by atoms with Gasteiger partial charge >= 0.3 is 0 Å². The molecule has 1 heterocycles. The number of aryl methyl sites for hydroxylation is 1. The Morgan fingerprint density at radius 1 is 1.31 bits per heavy atom. The molecule has 2 atom stereocenters. The molecule has 1 aliphatic heterocycles. The zero-order valence-electron chi connectivity index (χ0n) is 9.95. The maximum atomic E-state index is 5.87. The fourth-order valence-electron chi connectivity index (χ4n) is 2.56. The van der Waals surface area contributed by atoms with E-state index in [1.807, 2.05) is 0 Å². The first kappa shape index (κ1) is 10.2. The van der Waals surface area contributed by atoms with Gasteiger partial charge in [-0.1, -0.05) is 6.07 Å². The molecule has 1 aliphatic carbocycles. The van der Waals surface area contributed by atoms with Crippen molar-refractivity contribution in [2.24, 2.45) is 0 Å². The third-order valence-corrected chi connectivity index (χ3v) is 3.72. The molecule has 16 heavy (non-hydrogen) atoms. The van der Waals surface area contributed by atoms with Gasteiger partial charge in [0.25, 0.3) is 0 Å². The van der Waals surface area contributed by atoms with Crippen LogP contribution in [-0.2, 0) is 17.6 Å². The summed E-state index contributed by atoms with van der Waals surface area (Å²) in [6.07, 6.45) is 4.37. The number of benzene rings is 1. The highest BCUT2D eigenvalue weighted by Gasteiger charge is 2.35. The van der Waals surface area contributed by atoms with Crippen LogP contribution in [0.25, 0.3) is 0 Å². The van der Waals surface area contributed by atoms with Gasteiger partial charge in [0.05, 0.1) is 6.10 Å². The first-order valence-electron chi connectivity index (χ1n) is 6.15. The van der Waals surface area contributed by atoms with Crippen molar-refractivity contribution in [1.82, 2.24) is 0 Å². The van der Waals surface area contributed by atoms with Crippen molar-refractivity contribution in [3.63, 3.8) is 0 Å². The number of rotatable bonds is 3. The van der Waals surface area contributed by atoms with Crippen molar-refractivity contribution >= 4 is 0 Å². The average molecular weight is 218 g/mol. The molecule has 0 spiro atoms. The van der Waals surface area contributed by atoms with Crippen LogP contribution < -0.4 is 4.74 Å². The predicted molar refractivity (Wildman–Crippen MR) is 63.0 cm³/mol. The molecule has 0 aromatic heterocycles. The van der Waals surface area contributed by atoms with Crippen molar-refractivity contribution < 1.29 is 9.47 Å². The number of ether oxygens (including phenoxy) is 2. The molecule has 2 heteroatoms. The normalized spacial score (nSPS) is 26.6. The van der Waals surface area contributed by atoms with Crippen molar-refractivity contribution in [2.45, 2.75) is 45.3 Å². The Hall–Kier alpha value is -1.02. The van der Waals surface area contributed by atoms with Crippen LogP contribution in [-0.4, -0.2) is 18.8 Å². The number of fused-ring (bicyclic) bond motifs is 1. The third kappa shape index (κ3) is 1.71. The molecule has 0 amide bonds. The fourth-order valence-corrected chi connectivity index (χ4v) is 2.56. The van der Waals surface area contributed by atoms with E-state index < -0.39 is 0 Å². The Kier molecular flexibility index (Phi) is 2.40. The summed E-state index contributed by atoms with van der Waals surface area (Å²) in [7, 11) is 0. The Morgan fingerprint density at radius 2 is 2.06 bits per heavy atom. The lowest BCUT2D eigenvalue weighted by Gasteiger charge is -2.11. The Morgan fingerprint density at radius 3 is 2.81 bits per heavy atom. The zero-order chi connectivity index (χ0) is 11.1. The van der Waals surface area contributed by atoms with Gasteiger partial charge in [0.2, 0.25) is 0 Å². The van der Waals surface area contributed by atoms with E-state index in [4.69, 9.17) is 9.47 Å². The van der Waals surface area contributed by atoms with E-state index >= 15 is 0 Å². The lowest BCUT2D eigenvalue weighted by Crippen LogP contribution is -2.07. The van der Waals surface area contributed by atoms with Gasteiger partial charge in [-0.05, 0) is 55.9 Å². The van der Waals surface area contributed by atoms with Crippen LogP contribution in [0.1, 0.15) is 30.0 Å². The molecule has 1 aromatic rings. The number of hydrogen-bond donors (Lipinski definition) is 0. The fraction of sp³-hybridized carbons (Fsp3) is 0.571. The minimum Gasteiger partial charge on any atom is -0.490 e. The summed E-state index contributed by atoms with van der Waals surface area (Å²) in [6.45, 7) is 4.99. The molecule has 86 valence electrons. The predicted octanol–water partition coefficient (Wildman–Crippen LogP) is 2.65. The summed E-state index contributed by atoms with van der Waals surface area (Å²) < 4.78 is 11.2. The van der Waals surface area contributed by atoms with Gasteiger partial charge in [0.15, 0.2) is 0 Å². The standard InChI is InChI=1S/C14H18O2/c1-9-6-7-13(12-5-3-4-11(9)12)15-8-14-10(2)16-14/h6-7,10,14H,3-5,8H2,1-2H3/t10-,14-/m1/s1. The minimum atomic E-state index is 0.318. The number of epoxide rings is 1. The molecule has 1 saturated heterocycles. The first-order chi connectivity index (χ1) is 7.75. The molecule has 2 nitrogen and oxygen atoms in total. The van der Waals surface area contributed by atoms with E-state index in [9.17, 15) is 0 Å². The van der Waals surface area contributed by atoms with E-state index in [0.717, 1.165) is 5.75 Å². The van der Waals surface area contributed by atoms with E-state index in [0.29, 0.717) is 18.8 Å². The van der Waals surface area contributed by atoms with E-state index in [1.165, 1.54) is 36.0 Å². The third-order valence-electron chi connectivity index (χ3n) is 3.72. The van der Waals surface area contributed by atoms with Crippen LogP contribution in [0.4, 0.5) is 0 Å². The van der Waals surface area contributed by atoms with Gasteiger partial charge in [0, 0.05) is 0 Å². The maximum absolute atomic E-state index is 5.87. The Bertz CT molecular complexity index is 411. The van der Waals surface area contributed by atoms with Crippen LogP contribution >= 0.6 is 0 Å². The van der Waals surface area contributed by atoms with Gasteiger partial charge in [-0.15, -0.1) is 0 Å². The summed E-state index contributed by atoms with van der Waals surface area (Å²) in [4.78, 5) is 0. The molecular weight excluding hydrogens is 200 g/mol. The van der Waals surface area contributed by atoms with Crippen LogP contribution in [0, 0.1) is 6.92 Å². The summed E-state index contributed by atoms with van der Waals surface area (Å²) >= 11 is 0. The monoisotopic (exact) mass is 218 g/mol. The molecule has 1 fully saturated rings. The highest BCUT2D eigenvalue weighted by molar-refractivity contribution is 5.47. The van der Waals surface area contributed by atoms with E-state index in [2.05, 4.69) is 26.0 Å². The molecule has 0 saturated carbocycles. The second-order valence-corrected chi connectivity index (χ2v) is 4.88. The van der Waals surface area contributed by atoms with Gasteiger partial charge in [-0.3, -0.25) is 0 Å². The molecule has 2 aliphatic rings. The second kappa shape index (κ2) is 3.77. The topological polar surface area (TPSA) is 21.8 Å². The summed E-state index contributed by atoms with van der Waals surface area (Å²) in [6, 6.07) is 4.29. The van der Waals surface area contributed by atoms with Crippen LogP contribution in [0.15, 0.2) is 12.1 Å². The molecule has 0 bridgehead atoms. The summed E-state index contributed by atoms with van der Waals surface area (Å²) in [5, 5.41) is 0. The van der Waals surface area contributed by atoms with Crippen molar-refractivity contribution in [3.8, 4) is 5.75 Å². The average Bonchev–Trinajstić information content (AvgIpc) is 2.80. The molecule has 0 unspecified atom stereocenters. The summed E-state index contributed by atoms with van der Waals surface area (Å²) in [5.74, 6) is 1.08. The summed E-state index contributed by atoms with van der Waals surface area (Å²) in [5.41, 5.74) is 4.37. The van der Waals surface area contributed by atoms with Gasteiger partial charge in [-0.25, -0.2) is 0 Å². The lowest BCUT2D eigenvalue weighted by molar-refractivity contribution is 0.259. The number of hydrogen-bond acceptors (Lipinski definition) is 2. The van der Waals surface area contributed by atoms with E-state index in [1.54, 1.807) is 0 Å². The van der Waals surface area contributed by atoms with Gasteiger partial charge < -0.3 is 9.47 Å². The van der Waals surface area contributed by atoms with Crippen LogP contribution in [0.2, 0.25) is 0 Å². The van der Waals surface area contributed by atoms with Gasteiger partial charge in [0.1, 0.15) is 18.5 Å². The van der Waals surface area contributed by atoms with Crippen molar-refractivity contribution in [3.05, 3.63) is 28.8 Å². The highest BCUT2D eigenvalue weighted by Crippen LogP contribution is 2.33. The zero-order valence-corrected chi connectivity index (χ0v) is 9.95. The SMILES string of the molecule is Cc1ccc(OC[C@H]2O[C@@H]2C)c2c1CCC2. The van der Waals surface area contributed by atoms with Crippen molar-refractivity contribution in [1.29, 1.82) is 0 Å². The molecule has 0 radical (unpaired) electrons. The van der Waals surface area contributed by atoms with E-state index in [-0.39, 0.29) is 0 Å². The largest absolute Gasteiger partial charge is 0.490 e. The maximum Gasteiger partial charge on any atom is 0.122 e. The highest BCUT2D eigenvalue weighted by atomic mass is 16.6. The Labute approximate surface area is 96.6 Å². The van der Waals surface area contributed by atoms with Crippen LogP contribution in [0.5, 0.6) is 5.75 Å². The lowest BCUT2D eigenvalue weighted by atomic mass is 10.0. The molecular formula is C14H18O2. The van der Waals surface area contributed by atoms with Crippen LogP contribution in [0.3, 0.4) is 0 Å². The van der Waals surface area contributed by atoms with Crippen molar-refractivity contribution in [2.75, 3.05) is 6.61 Å². The Balaban J connectivity index is 1.77. The second-order valence-electron chi connectivity index (χ2n) is 4.88. The minimum absolute atomic E-state index is 0.318. The first-order valence-corrected chi connectivity index (χ1v) is 6.15. The molecule has 3 rings (SSSR count). The smallest absolute Gasteiger partial charge is 0.122 e. The quantitative estimate of drug-likeness (QED) is 0.727.